The summed E-state index contributed by atoms with van der Waals surface area (Å²) in [5.74, 6) is 2.27. The number of aromatic amines is 1. The summed E-state index contributed by atoms with van der Waals surface area (Å²) >= 11 is 0. The number of phenolic OH excluding ortho intramolecular Hbond substituents is 1. The Bertz CT molecular complexity index is 2400. The smallest absolute Gasteiger partial charge is 0.204 e. The van der Waals surface area contributed by atoms with Crippen molar-refractivity contribution >= 4 is 22.9 Å². The number of methoxy groups -OCH3 is 1. The molecule has 0 aliphatic carbocycles. The molecule has 7 rings (SSSR count). The van der Waals surface area contributed by atoms with Crippen LogP contribution in [-0.2, 0) is 19.3 Å². The monoisotopic (exact) mass is 799 g/mol. The molecule has 0 bridgehead atoms. The predicted molar refractivity (Wildman–Crippen MR) is 233 cm³/mol. The Morgan fingerprint density at radius 2 is 1.66 bits per heavy atom. The van der Waals surface area contributed by atoms with Crippen molar-refractivity contribution in [2.45, 2.75) is 45.1 Å². The van der Waals surface area contributed by atoms with Gasteiger partial charge in [-0.15, -0.1) is 0 Å². The number of anilines is 1. The summed E-state index contributed by atoms with van der Waals surface area (Å²) in [6, 6.07) is 28.4. The molecule has 59 heavy (non-hydrogen) atoms. The number of nitrogens with zero attached hydrogens (tertiary/aromatic N) is 1. The first-order valence-corrected chi connectivity index (χ1v) is 20.4. The lowest BCUT2D eigenvalue weighted by Gasteiger charge is -2.29. The molecule has 0 unspecified atom stereocenters. The van der Waals surface area contributed by atoms with E-state index < -0.39 is 6.10 Å². The van der Waals surface area contributed by atoms with Crippen molar-refractivity contribution in [2.24, 2.45) is 0 Å². The lowest BCUT2D eigenvalue weighted by molar-refractivity contribution is 0.176. The van der Waals surface area contributed by atoms with Crippen LogP contribution in [0.3, 0.4) is 0 Å². The molecule has 4 aromatic carbocycles. The number of phenols is 1. The summed E-state index contributed by atoms with van der Waals surface area (Å²) in [6.07, 6.45) is 5.23. The average molecular weight is 800 g/mol. The molecule has 0 spiro atoms. The van der Waals surface area contributed by atoms with Gasteiger partial charge in [0.15, 0.2) is 16.9 Å². The molecule has 1 saturated heterocycles. The SMILES string of the molecule is CCc1cc(-c2cccc(CCc3c(OCCCO)c(OC)c(OCC[C@@H](O)/C=C/c4ccccc4)c4c(=O)cc(-c5ccc(O)cc5)oc34)c2)c(N2CCNCC2)[nH]1. The standard InChI is InChI=1S/C48H53N3O8/c1-3-36-30-40(48(50-36)51-24-22-49-23-25-51)35-12-7-11-33(29-35)14-20-39-44-43(41(55)31-42(59-44)34-15-18-37(53)19-16-34)46(47(56-2)45(39)57-27-8-26-52)58-28-21-38(54)17-13-32-9-5-4-6-10-32/h4-7,9-13,15-19,29-31,38,49-50,52-54H,3,8,14,20-28H2,1-2H3/b17-13+/t38-/m0/s1. The number of ether oxygens (including phenoxy) is 3. The maximum atomic E-state index is 14.3. The van der Waals surface area contributed by atoms with Crippen LogP contribution in [0.5, 0.6) is 23.0 Å². The zero-order chi connectivity index (χ0) is 41.1. The maximum absolute atomic E-state index is 14.3. The van der Waals surface area contributed by atoms with Crippen LogP contribution in [0.25, 0.3) is 39.5 Å². The Morgan fingerprint density at radius 1 is 0.881 bits per heavy atom. The number of nitrogens with one attached hydrogen (secondary N) is 2. The highest BCUT2D eigenvalue weighted by Gasteiger charge is 2.28. The minimum Gasteiger partial charge on any atom is -0.508 e. The lowest BCUT2D eigenvalue weighted by atomic mass is 9.97. The van der Waals surface area contributed by atoms with Crippen LogP contribution in [0.4, 0.5) is 5.82 Å². The first kappa shape index (κ1) is 41.2. The molecule has 1 aliphatic heterocycles. The van der Waals surface area contributed by atoms with Crippen molar-refractivity contribution < 1.29 is 33.9 Å². The van der Waals surface area contributed by atoms with Gasteiger partial charge in [-0.1, -0.05) is 73.7 Å². The number of hydrogen-bond acceptors (Lipinski definition) is 10. The number of fused-ring (bicyclic) bond motifs is 1. The highest BCUT2D eigenvalue weighted by Crippen LogP contribution is 2.47. The fourth-order valence-electron chi connectivity index (χ4n) is 7.46. The van der Waals surface area contributed by atoms with Crippen molar-refractivity contribution in [1.29, 1.82) is 0 Å². The summed E-state index contributed by atoms with van der Waals surface area (Å²) in [4.78, 5) is 20.4. The van der Waals surface area contributed by atoms with Gasteiger partial charge in [0.1, 0.15) is 28.3 Å². The lowest BCUT2D eigenvalue weighted by Crippen LogP contribution is -2.43. The molecule has 0 radical (unpaired) electrons. The molecule has 2 aromatic heterocycles. The molecule has 308 valence electrons. The number of aliphatic hydroxyl groups excluding tert-OH is 2. The third-order valence-corrected chi connectivity index (χ3v) is 10.6. The minimum absolute atomic E-state index is 0.0575. The molecule has 6 aromatic rings. The van der Waals surface area contributed by atoms with Crippen LogP contribution >= 0.6 is 0 Å². The second-order valence-corrected chi connectivity index (χ2v) is 14.6. The van der Waals surface area contributed by atoms with Crippen LogP contribution in [0.1, 0.15) is 42.1 Å². The number of piperazine rings is 1. The van der Waals surface area contributed by atoms with E-state index in [4.69, 9.17) is 18.6 Å². The number of benzene rings is 4. The number of aryl methyl sites for hydroxylation is 3. The molecule has 1 fully saturated rings. The van der Waals surface area contributed by atoms with Crippen LogP contribution in [0.15, 0.2) is 106 Å². The Kier molecular flexibility index (Phi) is 13.7. The first-order chi connectivity index (χ1) is 28.9. The number of aromatic nitrogens is 1. The highest BCUT2D eigenvalue weighted by molar-refractivity contribution is 5.93. The Morgan fingerprint density at radius 3 is 2.41 bits per heavy atom. The minimum atomic E-state index is -0.812. The van der Waals surface area contributed by atoms with E-state index in [0.29, 0.717) is 41.9 Å². The van der Waals surface area contributed by atoms with Gasteiger partial charge in [-0.3, -0.25) is 4.79 Å². The van der Waals surface area contributed by atoms with Gasteiger partial charge < -0.3 is 49.1 Å². The van der Waals surface area contributed by atoms with Crippen molar-refractivity contribution in [3.63, 3.8) is 0 Å². The first-order valence-electron chi connectivity index (χ1n) is 20.4. The molecule has 0 saturated carbocycles. The van der Waals surface area contributed by atoms with Crippen LogP contribution in [0.2, 0.25) is 0 Å². The predicted octanol–water partition coefficient (Wildman–Crippen LogP) is 7.53. The average Bonchev–Trinajstić information content (AvgIpc) is 3.71. The molecule has 0 amide bonds. The largest absolute Gasteiger partial charge is 0.508 e. The van der Waals surface area contributed by atoms with Gasteiger partial charge in [0.25, 0.3) is 0 Å². The van der Waals surface area contributed by atoms with Crippen LogP contribution < -0.4 is 29.9 Å². The Balaban J connectivity index is 1.28. The Hall–Kier alpha value is -6.01. The number of aliphatic hydroxyl groups is 2. The van der Waals surface area contributed by atoms with Gasteiger partial charge >= 0.3 is 0 Å². The van der Waals surface area contributed by atoms with Crippen molar-refractivity contribution in [1.82, 2.24) is 10.3 Å². The van der Waals surface area contributed by atoms with E-state index in [2.05, 4.69) is 52.5 Å². The van der Waals surface area contributed by atoms with E-state index in [1.54, 1.807) is 30.3 Å². The van der Waals surface area contributed by atoms with E-state index in [1.807, 2.05) is 36.4 Å². The summed E-state index contributed by atoms with van der Waals surface area (Å²) in [5, 5.41) is 34.2. The molecule has 11 nitrogen and oxygen atoms in total. The fourth-order valence-corrected chi connectivity index (χ4v) is 7.46. The van der Waals surface area contributed by atoms with Gasteiger partial charge in [0.2, 0.25) is 5.75 Å². The van der Waals surface area contributed by atoms with E-state index >= 15 is 0 Å². The van der Waals surface area contributed by atoms with Crippen molar-refractivity contribution in [2.75, 3.05) is 58.0 Å². The topological polar surface area (TPSA) is 150 Å². The normalized spacial score (nSPS) is 13.6. The quantitative estimate of drug-likeness (QED) is 0.0553. The van der Waals surface area contributed by atoms with Gasteiger partial charge in [-0.25, -0.2) is 0 Å². The Labute approximate surface area is 344 Å². The molecular formula is C48H53N3O8. The zero-order valence-corrected chi connectivity index (χ0v) is 33.7. The van der Waals surface area contributed by atoms with Crippen LogP contribution in [-0.4, -0.2) is 79.5 Å². The molecular weight excluding hydrogens is 747 g/mol. The van der Waals surface area contributed by atoms with Crippen molar-refractivity contribution in [3.8, 4) is 45.4 Å². The fraction of sp³-hybridized carbons (Fsp3) is 0.312. The van der Waals surface area contributed by atoms with Crippen LogP contribution in [0, 0.1) is 0 Å². The summed E-state index contributed by atoms with van der Waals surface area (Å²) in [5.41, 5.74) is 6.66. The third kappa shape index (κ3) is 9.83. The molecule has 1 aliphatic rings. The second-order valence-electron chi connectivity index (χ2n) is 14.6. The third-order valence-electron chi connectivity index (χ3n) is 10.6. The van der Waals surface area contributed by atoms with Crippen molar-refractivity contribution in [3.05, 3.63) is 130 Å². The summed E-state index contributed by atoms with van der Waals surface area (Å²) < 4.78 is 25.4. The van der Waals surface area contributed by atoms with E-state index in [-0.39, 0.29) is 59.9 Å². The molecule has 1 atom stereocenters. The molecule has 5 N–H and O–H groups in total. The number of aromatic hydroxyl groups is 1. The number of rotatable bonds is 18. The molecule has 11 heteroatoms. The van der Waals surface area contributed by atoms with Gasteiger partial charge in [0, 0.05) is 74.1 Å². The number of H-pyrrole nitrogens is 1. The number of hydrogen-bond donors (Lipinski definition) is 5. The zero-order valence-electron chi connectivity index (χ0n) is 33.7. The second kappa shape index (κ2) is 19.6. The highest BCUT2D eigenvalue weighted by atomic mass is 16.5. The van der Waals surface area contributed by atoms with E-state index in [1.165, 1.54) is 18.9 Å². The van der Waals surface area contributed by atoms with Gasteiger partial charge in [-0.05, 0) is 66.3 Å². The van der Waals surface area contributed by atoms with Gasteiger partial charge in [-0.2, -0.15) is 0 Å². The summed E-state index contributed by atoms with van der Waals surface area (Å²) in [7, 11) is 1.50. The maximum Gasteiger partial charge on any atom is 0.204 e. The van der Waals surface area contributed by atoms with E-state index in [9.17, 15) is 20.1 Å². The summed E-state index contributed by atoms with van der Waals surface area (Å²) in [6.45, 7) is 6.02. The molecule has 3 heterocycles. The van der Waals surface area contributed by atoms with Gasteiger partial charge in [0.05, 0.1) is 26.4 Å². The van der Waals surface area contributed by atoms with E-state index in [0.717, 1.165) is 60.7 Å².